The summed E-state index contributed by atoms with van der Waals surface area (Å²) in [6.45, 7) is 0. The Labute approximate surface area is 120 Å². The summed E-state index contributed by atoms with van der Waals surface area (Å²) in [7, 11) is 1.35. The first kappa shape index (κ1) is 12.7. The molecule has 0 saturated heterocycles. The molecule has 100 valence electrons. The van der Waals surface area contributed by atoms with Crippen molar-refractivity contribution in [3.05, 3.63) is 59.2 Å². The molecule has 0 atom stereocenters. The van der Waals surface area contributed by atoms with Crippen molar-refractivity contribution in [1.29, 1.82) is 0 Å². The molecule has 0 N–H and O–H groups in total. The third kappa shape index (κ3) is 2.14. The van der Waals surface area contributed by atoms with Crippen LogP contribution in [0.5, 0.6) is 0 Å². The molecule has 4 nitrogen and oxygen atoms in total. The van der Waals surface area contributed by atoms with Gasteiger partial charge in [0.1, 0.15) is 0 Å². The predicted octanol–water partition coefficient (Wildman–Crippen LogP) is 3.44. The van der Waals surface area contributed by atoms with Crippen LogP contribution in [-0.4, -0.2) is 22.7 Å². The van der Waals surface area contributed by atoms with E-state index >= 15 is 0 Å². The minimum atomic E-state index is -0.411. The van der Waals surface area contributed by atoms with Gasteiger partial charge in [0.25, 0.3) is 0 Å². The van der Waals surface area contributed by atoms with E-state index in [2.05, 4.69) is 5.10 Å². The zero-order valence-electron chi connectivity index (χ0n) is 10.7. The number of carbonyl (C=O) groups excluding carboxylic acids is 1. The van der Waals surface area contributed by atoms with Crippen LogP contribution in [0, 0.1) is 0 Å². The molecule has 0 amide bonds. The number of esters is 1. The second-order valence-corrected chi connectivity index (χ2v) is 4.71. The van der Waals surface area contributed by atoms with E-state index in [9.17, 15) is 4.79 Å². The van der Waals surface area contributed by atoms with Crippen LogP contribution in [0.15, 0.2) is 48.5 Å². The van der Waals surface area contributed by atoms with Crippen molar-refractivity contribution in [2.45, 2.75) is 0 Å². The molecule has 0 aliphatic heterocycles. The van der Waals surface area contributed by atoms with Crippen LogP contribution < -0.4 is 0 Å². The second-order valence-electron chi connectivity index (χ2n) is 4.27. The standard InChI is InChI=1S/C15H11ClN2O2/c1-20-15(19)14-9-7-12-6-8-13(17-18(12)14)10-2-4-11(16)5-3-10/h2-9H,1H3. The molecule has 0 unspecified atom stereocenters. The molecule has 3 aromatic rings. The number of hydrogen-bond acceptors (Lipinski definition) is 3. The summed E-state index contributed by atoms with van der Waals surface area (Å²) in [5, 5.41) is 5.15. The molecule has 0 spiro atoms. The Morgan fingerprint density at radius 2 is 1.80 bits per heavy atom. The molecular weight excluding hydrogens is 276 g/mol. The highest BCUT2D eigenvalue weighted by atomic mass is 35.5. The number of nitrogens with zero attached hydrogens (tertiary/aromatic N) is 2. The normalized spacial score (nSPS) is 10.7. The van der Waals surface area contributed by atoms with Gasteiger partial charge in [-0.2, -0.15) is 5.10 Å². The summed E-state index contributed by atoms with van der Waals surface area (Å²) in [6, 6.07) is 14.7. The van der Waals surface area contributed by atoms with Gasteiger partial charge in [-0.25, -0.2) is 9.31 Å². The highest BCUT2D eigenvalue weighted by Gasteiger charge is 2.12. The lowest BCUT2D eigenvalue weighted by molar-refractivity contribution is 0.0591. The fourth-order valence-corrected chi connectivity index (χ4v) is 2.15. The fourth-order valence-electron chi connectivity index (χ4n) is 2.02. The summed E-state index contributed by atoms with van der Waals surface area (Å²) in [6.07, 6.45) is 0. The minimum absolute atomic E-state index is 0.401. The van der Waals surface area contributed by atoms with Crippen molar-refractivity contribution in [2.75, 3.05) is 7.11 Å². The molecule has 0 fully saturated rings. The van der Waals surface area contributed by atoms with Crippen LogP contribution in [0.25, 0.3) is 16.8 Å². The number of halogens is 1. The highest BCUT2D eigenvalue weighted by molar-refractivity contribution is 6.30. The van der Waals surface area contributed by atoms with E-state index in [0.717, 1.165) is 16.8 Å². The first-order valence-electron chi connectivity index (χ1n) is 6.02. The van der Waals surface area contributed by atoms with Crippen molar-refractivity contribution in [2.24, 2.45) is 0 Å². The van der Waals surface area contributed by atoms with E-state index < -0.39 is 5.97 Å². The number of fused-ring (bicyclic) bond motifs is 1. The van der Waals surface area contributed by atoms with Crippen LogP contribution >= 0.6 is 11.6 Å². The number of ether oxygens (including phenoxy) is 1. The summed E-state index contributed by atoms with van der Waals surface area (Å²) < 4.78 is 6.33. The molecule has 5 heteroatoms. The number of hydrogen-bond donors (Lipinski definition) is 0. The Kier molecular flexibility index (Phi) is 3.16. The van der Waals surface area contributed by atoms with Gasteiger partial charge in [-0.15, -0.1) is 0 Å². The Morgan fingerprint density at radius 1 is 1.10 bits per heavy atom. The van der Waals surface area contributed by atoms with E-state index in [-0.39, 0.29) is 0 Å². The van der Waals surface area contributed by atoms with E-state index in [0.29, 0.717) is 10.7 Å². The molecule has 2 heterocycles. The lowest BCUT2D eigenvalue weighted by atomic mass is 10.1. The SMILES string of the molecule is COC(=O)c1ccc2ccc(-c3ccc(Cl)cc3)nn12. The zero-order valence-corrected chi connectivity index (χ0v) is 11.5. The number of benzene rings is 1. The summed E-state index contributed by atoms with van der Waals surface area (Å²) in [5.41, 5.74) is 2.93. The lowest BCUT2D eigenvalue weighted by Crippen LogP contribution is -2.07. The van der Waals surface area contributed by atoms with Gasteiger partial charge in [-0.3, -0.25) is 0 Å². The average molecular weight is 287 g/mol. The average Bonchev–Trinajstić information content (AvgIpc) is 2.90. The Balaban J connectivity index is 2.14. The van der Waals surface area contributed by atoms with Gasteiger partial charge in [0, 0.05) is 10.6 Å². The van der Waals surface area contributed by atoms with E-state index in [4.69, 9.17) is 16.3 Å². The maximum Gasteiger partial charge on any atom is 0.356 e. The predicted molar refractivity (Wildman–Crippen MR) is 77.0 cm³/mol. The van der Waals surface area contributed by atoms with E-state index in [1.165, 1.54) is 7.11 Å². The first-order valence-corrected chi connectivity index (χ1v) is 6.40. The lowest BCUT2D eigenvalue weighted by Gasteiger charge is -2.04. The van der Waals surface area contributed by atoms with Gasteiger partial charge in [0.2, 0.25) is 0 Å². The van der Waals surface area contributed by atoms with E-state index in [1.54, 1.807) is 22.7 Å². The summed E-state index contributed by atoms with van der Waals surface area (Å²) >= 11 is 5.88. The van der Waals surface area contributed by atoms with Crippen molar-refractivity contribution in [3.8, 4) is 11.3 Å². The second kappa shape index (κ2) is 4.98. The van der Waals surface area contributed by atoms with Crippen LogP contribution in [0.1, 0.15) is 10.5 Å². The molecule has 0 aliphatic carbocycles. The van der Waals surface area contributed by atoms with Crippen LogP contribution in [0.4, 0.5) is 0 Å². The molecule has 1 aromatic carbocycles. The Morgan fingerprint density at radius 3 is 2.50 bits per heavy atom. The highest BCUT2D eigenvalue weighted by Crippen LogP contribution is 2.21. The van der Waals surface area contributed by atoms with Gasteiger partial charge in [0.05, 0.1) is 18.3 Å². The maximum absolute atomic E-state index is 11.7. The molecule has 0 bridgehead atoms. The third-order valence-electron chi connectivity index (χ3n) is 3.04. The van der Waals surface area contributed by atoms with Gasteiger partial charge in [0.15, 0.2) is 5.69 Å². The molecule has 3 rings (SSSR count). The number of rotatable bonds is 2. The van der Waals surface area contributed by atoms with Crippen molar-refractivity contribution >= 4 is 23.1 Å². The van der Waals surface area contributed by atoms with Crippen molar-refractivity contribution in [3.63, 3.8) is 0 Å². The van der Waals surface area contributed by atoms with Crippen molar-refractivity contribution < 1.29 is 9.53 Å². The number of methoxy groups -OCH3 is 1. The number of carbonyl (C=O) groups is 1. The third-order valence-corrected chi connectivity index (χ3v) is 3.29. The molecule has 0 aliphatic rings. The Bertz CT molecular complexity index is 778. The van der Waals surface area contributed by atoms with Gasteiger partial charge in [-0.1, -0.05) is 23.7 Å². The molecule has 2 aromatic heterocycles. The van der Waals surface area contributed by atoms with Gasteiger partial charge >= 0.3 is 5.97 Å². The summed E-state index contributed by atoms with van der Waals surface area (Å²) in [4.78, 5) is 11.7. The topological polar surface area (TPSA) is 43.6 Å². The smallest absolute Gasteiger partial charge is 0.356 e. The fraction of sp³-hybridized carbons (Fsp3) is 0.0667. The maximum atomic E-state index is 11.7. The first-order chi connectivity index (χ1) is 9.69. The monoisotopic (exact) mass is 286 g/mol. The molecule has 0 radical (unpaired) electrons. The largest absolute Gasteiger partial charge is 0.464 e. The molecule has 0 saturated carbocycles. The van der Waals surface area contributed by atoms with Crippen molar-refractivity contribution in [1.82, 2.24) is 9.61 Å². The Hall–Kier alpha value is -2.33. The van der Waals surface area contributed by atoms with E-state index in [1.807, 2.05) is 30.3 Å². The van der Waals surface area contributed by atoms with Crippen LogP contribution in [0.3, 0.4) is 0 Å². The number of aromatic nitrogens is 2. The quantitative estimate of drug-likeness (QED) is 0.678. The molecular formula is C15H11ClN2O2. The van der Waals surface area contributed by atoms with Gasteiger partial charge in [-0.05, 0) is 36.4 Å². The zero-order chi connectivity index (χ0) is 14.1. The summed E-state index contributed by atoms with van der Waals surface area (Å²) in [5.74, 6) is -0.411. The van der Waals surface area contributed by atoms with Crippen LogP contribution in [-0.2, 0) is 4.74 Å². The van der Waals surface area contributed by atoms with Gasteiger partial charge < -0.3 is 4.74 Å². The molecule has 20 heavy (non-hydrogen) atoms. The van der Waals surface area contributed by atoms with Crippen LogP contribution in [0.2, 0.25) is 5.02 Å². The minimum Gasteiger partial charge on any atom is -0.464 e.